The predicted octanol–water partition coefficient (Wildman–Crippen LogP) is 4.78. The normalized spacial score (nSPS) is 11.2. The third-order valence-electron chi connectivity index (χ3n) is 3.38. The molecule has 3 heteroatoms. The summed E-state index contributed by atoms with van der Waals surface area (Å²) >= 11 is 6.03. The van der Waals surface area contributed by atoms with Crippen molar-refractivity contribution in [1.82, 2.24) is 5.32 Å². The zero-order valence-corrected chi connectivity index (χ0v) is 12.3. The highest BCUT2D eigenvalue weighted by Gasteiger charge is 2.11. The zero-order valence-electron chi connectivity index (χ0n) is 11.5. The quantitative estimate of drug-likeness (QED) is 0.749. The molecule has 0 radical (unpaired) electrons. The molecule has 0 saturated carbocycles. The van der Waals surface area contributed by atoms with E-state index >= 15 is 0 Å². The van der Waals surface area contributed by atoms with E-state index in [1.54, 1.807) is 0 Å². The van der Waals surface area contributed by atoms with Crippen molar-refractivity contribution in [2.24, 2.45) is 0 Å². The monoisotopic (exact) mass is 285 g/mol. The molecule has 102 valence electrons. The van der Waals surface area contributed by atoms with E-state index in [4.69, 9.17) is 16.0 Å². The van der Waals surface area contributed by atoms with E-state index in [0.717, 1.165) is 33.9 Å². The molecule has 3 aromatic rings. The van der Waals surface area contributed by atoms with Gasteiger partial charge in [0.15, 0.2) is 0 Å². The third kappa shape index (κ3) is 2.45. The van der Waals surface area contributed by atoms with E-state index in [1.807, 2.05) is 25.2 Å². The van der Waals surface area contributed by atoms with Crippen LogP contribution in [-0.2, 0) is 6.54 Å². The van der Waals surface area contributed by atoms with Crippen molar-refractivity contribution in [2.45, 2.75) is 13.5 Å². The van der Waals surface area contributed by atoms with Crippen LogP contribution >= 0.6 is 11.6 Å². The maximum atomic E-state index is 6.03. The molecule has 20 heavy (non-hydrogen) atoms. The van der Waals surface area contributed by atoms with Gasteiger partial charge in [0.1, 0.15) is 11.3 Å². The summed E-state index contributed by atoms with van der Waals surface area (Å²) in [6, 6.07) is 14.2. The first-order chi connectivity index (χ1) is 9.67. The molecule has 0 fully saturated rings. The van der Waals surface area contributed by atoms with Gasteiger partial charge in [-0.25, -0.2) is 0 Å². The Morgan fingerprint density at radius 1 is 1.10 bits per heavy atom. The number of aryl methyl sites for hydroxylation is 1. The fourth-order valence-corrected chi connectivity index (χ4v) is 2.59. The van der Waals surface area contributed by atoms with E-state index in [0.29, 0.717) is 0 Å². The Morgan fingerprint density at radius 3 is 2.75 bits per heavy atom. The van der Waals surface area contributed by atoms with Gasteiger partial charge in [-0.1, -0.05) is 29.3 Å². The number of rotatable bonds is 3. The lowest BCUT2D eigenvalue weighted by molar-refractivity contribution is 0.629. The van der Waals surface area contributed by atoms with Crippen molar-refractivity contribution in [2.75, 3.05) is 7.05 Å². The lowest BCUT2D eigenvalue weighted by Gasteiger charge is -2.08. The fourth-order valence-electron chi connectivity index (χ4n) is 2.41. The van der Waals surface area contributed by atoms with Gasteiger partial charge in [0, 0.05) is 22.5 Å². The van der Waals surface area contributed by atoms with Crippen LogP contribution in [0, 0.1) is 6.92 Å². The van der Waals surface area contributed by atoms with Crippen molar-refractivity contribution in [3.63, 3.8) is 0 Å². The van der Waals surface area contributed by atoms with Gasteiger partial charge in [-0.15, -0.1) is 0 Å². The molecule has 3 rings (SSSR count). The molecule has 2 aromatic carbocycles. The Morgan fingerprint density at radius 2 is 1.95 bits per heavy atom. The van der Waals surface area contributed by atoms with Gasteiger partial charge in [-0.3, -0.25) is 0 Å². The summed E-state index contributed by atoms with van der Waals surface area (Å²) in [6.45, 7) is 2.90. The third-order valence-corrected chi connectivity index (χ3v) is 3.61. The average Bonchev–Trinajstić information content (AvgIpc) is 2.83. The number of halogens is 1. The number of hydrogen-bond donors (Lipinski definition) is 1. The smallest absolute Gasteiger partial charge is 0.135 e. The number of nitrogens with one attached hydrogen (secondary N) is 1. The topological polar surface area (TPSA) is 25.2 Å². The maximum Gasteiger partial charge on any atom is 0.135 e. The maximum absolute atomic E-state index is 6.03. The first-order valence-electron chi connectivity index (χ1n) is 6.61. The molecule has 0 aliphatic heterocycles. The van der Waals surface area contributed by atoms with E-state index < -0.39 is 0 Å². The molecular weight excluding hydrogens is 270 g/mol. The molecule has 0 unspecified atom stereocenters. The molecule has 0 atom stereocenters. The van der Waals surface area contributed by atoms with E-state index in [1.165, 1.54) is 11.1 Å². The molecule has 2 nitrogen and oxygen atoms in total. The van der Waals surface area contributed by atoms with Crippen molar-refractivity contribution >= 4 is 22.6 Å². The van der Waals surface area contributed by atoms with E-state index in [9.17, 15) is 0 Å². The predicted molar refractivity (Wildman–Crippen MR) is 84.2 cm³/mol. The Labute approximate surface area is 123 Å². The molecule has 0 saturated heterocycles. The molecule has 0 spiro atoms. The standard InChI is InChI=1S/C17H16ClNO/c1-11-3-4-12(10-19-2)15(7-11)17-9-13-8-14(18)5-6-16(13)20-17/h3-9,19H,10H2,1-2H3. The van der Waals surface area contributed by atoms with Crippen LogP contribution < -0.4 is 5.32 Å². The molecule has 0 bridgehead atoms. The van der Waals surface area contributed by atoms with Gasteiger partial charge in [0.2, 0.25) is 0 Å². The van der Waals surface area contributed by atoms with Gasteiger partial charge >= 0.3 is 0 Å². The largest absolute Gasteiger partial charge is 0.456 e. The average molecular weight is 286 g/mol. The Bertz CT molecular complexity index is 761. The minimum atomic E-state index is 0.726. The summed E-state index contributed by atoms with van der Waals surface area (Å²) in [4.78, 5) is 0. The van der Waals surface area contributed by atoms with E-state index in [-0.39, 0.29) is 0 Å². The van der Waals surface area contributed by atoms with Crippen LogP contribution in [0.25, 0.3) is 22.3 Å². The molecule has 0 amide bonds. The van der Waals surface area contributed by atoms with Gasteiger partial charge in [0.25, 0.3) is 0 Å². The first-order valence-corrected chi connectivity index (χ1v) is 6.99. The summed E-state index contributed by atoms with van der Waals surface area (Å²) in [7, 11) is 1.95. The van der Waals surface area contributed by atoms with Crippen LogP contribution in [0.1, 0.15) is 11.1 Å². The minimum absolute atomic E-state index is 0.726. The van der Waals surface area contributed by atoms with Crippen LogP contribution in [0.3, 0.4) is 0 Å². The van der Waals surface area contributed by atoms with Crippen LogP contribution in [0.5, 0.6) is 0 Å². The molecular formula is C17H16ClNO. The molecule has 0 aliphatic rings. The number of furan rings is 1. The summed E-state index contributed by atoms with van der Waals surface area (Å²) in [6.07, 6.45) is 0. The number of hydrogen-bond acceptors (Lipinski definition) is 2. The van der Waals surface area contributed by atoms with Gasteiger partial charge < -0.3 is 9.73 Å². The summed E-state index contributed by atoms with van der Waals surface area (Å²) < 4.78 is 5.96. The van der Waals surface area contributed by atoms with Crippen molar-refractivity contribution < 1.29 is 4.42 Å². The van der Waals surface area contributed by atoms with Gasteiger partial charge in [-0.2, -0.15) is 0 Å². The Balaban J connectivity index is 2.16. The SMILES string of the molecule is CNCc1ccc(C)cc1-c1cc2cc(Cl)ccc2o1. The van der Waals surface area contributed by atoms with Crippen molar-refractivity contribution in [3.8, 4) is 11.3 Å². The van der Waals surface area contributed by atoms with Crippen LogP contribution in [0.4, 0.5) is 0 Å². The van der Waals surface area contributed by atoms with Gasteiger partial charge in [0.05, 0.1) is 0 Å². The highest BCUT2D eigenvalue weighted by Crippen LogP contribution is 2.32. The lowest BCUT2D eigenvalue weighted by Crippen LogP contribution is -2.06. The first kappa shape index (κ1) is 13.2. The molecule has 1 heterocycles. The highest BCUT2D eigenvalue weighted by molar-refractivity contribution is 6.31. The number of fused-ring (bicyclic) bond motifs is 1. The van der Waals surface area contributed by atoms with Crippen LogP contribution in [0.15, 0.2) is 46.9 Å². The number of benzene rings is 2. The van der Waals surface area contributed by atoms with E-state index in [2.05, 4.69) is 36.5 Å². The molecule has 1 aromatic heterocycles. The minimum Gasteiger partial charge on any atom is -0.456 e. The van der Waals surface area contributed by atoms with Gasteiger partial charge in [-0.05, 0) is 49.9 Å². The molecule has 0 aliphatic carbocycles. The summed E-state index contributed by atoms with van der Waals surface area (Å²) in [5.74, 6) is 0.885. The Hall–Kier alpha value is -1.77. The fraction of sp³-hybridized carbons (Fsp3) is 0.176. The summed E-state index contributed by atoms with van der Waals surface area (Å²) in [5, 5.41) is 4.95. The Kier molecular flexibility index (Phi) is 3.51. The molecule has 1 N–H and O–H groups in total. The van der Waals surface area contributed by atoms with Crippen LogP contribution in [-0.4, -0.2) is 7.05 Å². The summed E-state index contributed by atoms with van der Waals surface area (Å²) in [5.41, 5.74) is 4.44. The second-order valence-electron chi connectivity index (χ2n) is 4.98. The lowest BCUT2D eigenvalue weighted by atomic mass is 10.0. The van der Waals surface area contributed by atoms with Crippen molar-refractivity contribution in [3.05, 3.63) is 58.6 Å². The van der Waals surface area contributed by atoms with Crippen LogP contribution in [0.2, 0.25) is 5.02 Å². The highest BCUT2D eigenvalue weighted by atomic mass is 35.5. The second-order valence-corrected chi connectivity index (χ2v) is 5.42. The van der Waals surface area contributed by atoms with Crippen molar-refractivity contribution in [1.29, 1.82) is 0 Å². The second kappa shape index (κ2) is 5.31. The zero-order chi connectivity index (χ0) is 14.1.